The zero-order valence-corrected chi connectivity index (χ0v) is 19.1. The van der Waals surface area contributed by atoms with E-state index in [1.165, 1.54) is 11.8 Å². The molecule has 1 aromatic heterocycles. The maximum absolute atomic E-state index is 13.0. The van der Waals surface area contributed by atoms with Crippen LogP contribution in [-0.4, -0.2) is 39.2 Å². The van der Waals surface area contributed by atoms with Gasteiger partial charge in [0.15, 0.2) is 5.16 Å². The van der Waals surface area contributed by atoms with Gasteiger partial charge in [0.1, 0.15) is 0 Å². The van der Waals surface area contributed by atoms with Crippen molar-refractivity contribution in [2.45, 2.75) is 32.9 Å². The van der Waals surface area contributed by atoms with Crippen LogP contribution in [0, 0.1) is 11.8 Å². The Kier molecular flexibility index (Phi) is 7.75. The minimum absolute atomic E-state index is 0.172. The van der Waals surface area contributed by atoms with Crippen LogP contribution in [0.5, 0.6) is 0 Å². The van der Waals surface area contributed by atoms with E-state index in [0.29, 0.717) is 17.6 Å². The van der Waals surface area contributed by atoms with Crippen LogP contribution in [-0.2, 0) is 4.79 Å². The van der Waals surface area contributed by atoms with E-state index >= 15 is 0 Å². The number of amides is 1. The van der Waals surface area contributed by atoms with Crippen LogP contribution in [0.3, 0.4) is 0 Å². The van der Waals surface area contributed by atoms with Gasteiger partial charge in [0.25, 0.3) is 0 Å². The van der Waals surface area contributed by atoms with Gasteiger partial charge in [-0.25, -0.2) is 4.98 Å². The van der Waals surface area contributed by atoms with Gasteiger partial charge >= 0.3 is 0 Å². The predicted octanol–water partition coefficient (Wildman–Crippen LogP) is 5.77. The Labute approximate surface area is 184 Å². The van der Waals surface area contributed by atoms with Gasteiger partial charge in [0.2, 0.25) is 5.91 Å². The van der Waals surface area contributed by atoms with Crippen molar-refractivity contribution in [3.05, 3.63) is 66.9 Å². The molecule has 0 fully saturated rings. The summed E-state index contributed by atoms with van der Waals surface area (Å²) in [5, 5.41) is 0.836. The Balaban J connectivity index is 1.83. The van der Waals surface area contributed by atoms with Gasteiger partial charge in [-0.05, 0) is 24.0 Å². The maximum atomic E-state index is 13.0. The summed E-state index contributed by atoms with van der Waals surface area (Å²) in [5.41, 5.74) is 3.03. The van der Waals surface area contributed by atoms with Crippen molar-refractivity contribution in [2.24, 2.45) is 11.8 Å². The third-order valence-corrected chi connectivity index (χ3v) is 5.56. The zero-order chi connectivity index (χ0) is 21.5. The molecule has 30 heavy (non-hydrogen) atoms. The minimum Gasteiger partial charge on any atom is -0.341 e. The lowest BCUT2D eigenvalue weighted by Crippen LogP contribution is -2.38. The quantitative estimate of drug-likeness (QED) is 0.412. The van der Waals surface area contributed by atoms with Gasteiger partial charge in [-0.3, -0.25) is 9.36 Å². The number of benzene rings is 2. The molecule has 0 N–H and O–H groups in total. The SMILES string of the molecule is CC(C)CN(CC(C)C)C(=O)CSc1nc(-c2ccccc2)cn1-c1ccccc1. The fraction of sp³-hybridized carbons (Fsp3) is 0.360. The number of aromatic nitrogens is 2. The minimum atomic E-state index is 0.172. The molecule has 0 bridgehead atoms. The molecule has 0 radical (unpaired) electrons. The van der Waals surface area contributed by atoms with Gasteiger partial charge in [-0.1, -0.05) is 88.0 Å². The number of hydrogen-bond acceptors (Lipinski definition) is 3. The van der Waals surface area contributed by atoms with Gasteiger partial charge in [0.05, 0.1) is 11.4 Å². The first kappa shape index (κ1) is 22.2. The molecule has 0 aliphatic heterocycles. The fourth-order valence-corrected chi connectivity index (χ4v) is 4.26. The van der Waals surface area contributed by atoms with Crippen molar-refractivity contribution >= 4 is 17.7 Å². The van der Waals surface area contributed by atoms with Crippen molar-refractivity contribution in [3.63, 3.8) is 0 Å². The van der Waals surface area contributed by atoms with Crippen molar-refractivity contribution in [3.8, 4) is 16.9 Å². The summed E-state index contributed by atoms with van der Waals surface area (Å²) in [4.78, 5) is 19.8. The van der Waals surface area contributed by atoms with Crippen molar-refractivity contribution in [1.29, 1.82) is 0 Å². The standard InChI is InChI=1S/C25H31N3OS/c1-19(2)15-27(16-20(3)4)24(29)18-30-25-26-23(21-11-7-5-8-12-21)17-28(25)22-13-9-6-10-14-22/h5-14,17,19-20H,15-16,18H2,1-4H3. The third-order valence-electron chi connectivity index (χ3n) is 4.63. The maximum Gasteiger partial charge on any atom is 0.233 e. The molecule has 0 spiro atoms. The molecule has 1 heterocycles. The summed E-state index contributed by atoms with van der Waals surface area (Å²) in [6.45, 7) is 10.2. The van der Waals surface area contributed by atoms with E-state index in [1.807, 2.05) is 41.3 Å². The van der Waals surface area contributed by atoms with E-state index in [-0.39, 0.29) is 5.91 Å². The number of imidazole rings is 1. The first-order valence-electron chi connectivity index (χ1n) is 10.5. The molecule has 0 saturated carbocycles. The second kappa shape index (κ2) is 10.5. The first-order chi connectivity index (χ1) is 14.4. The molecule has 0 saturated heterocycles. The predicted molar refractivity (Wildman–Crippen MR) is 126 cm³/mol. The number of thioether (sulfide) groups is 1. The Morgan fingerprint density at radius 3 is 2.07 bits per heavy atom. The number of para-hydroxylation sites is 1. The van der Waals surface area contributed by atoms with Crippen molar-refractivity contribution < 1.29 is 4.79 Å². The van der Waals surface area contributed by atoms with Crippen LogP contribution in [0.15, 0.2) is 72.0 Å². The molecule has 1 amide bonds. The number of carbonyl (C=O) groups is 1. The molecule has 0 aliphatic rings. The average Bonchev–Trinajstić information content (AvgIpc) is 3.16. The van der Waals surface area contributed by atoms with Crippen molar-refractivity contribution in [2.75, 3.05) is 18.8 Å². The topological polar surface area (TPSA) is 38.1 Å². The summed E-state index contributed by atoms with van der Waals surface area (Å²) in [6, 6.07) is 20.3. The lowest BCUT2D eigenvalue weighted by atomic mass is 10.1. The second-order valence-corrected chi connectivity index (χ2v) is 9.30. The summed E-state index contributed by atoms with van der Waals surface area (Å²) in [5.74, 6) is 1.46. The lowest BCUT2D eigenvalue weighted by molar-refractivity contribution is -0.129. The molecule has 158 valence electrons. The fourth-order valence-electron chi connectivity index (χ4n) is 3.36. The highest BCUT2D eigenvalue weighted by Crippen LogP contribution is 2.27. The molecule has 3 rings (SSSR count). The van der Waals surface area contributed by atoms with Crippen molar-refractivity contribution in [1.82, 2.24) is 14.5 Å². The van der Waals surface area contributed by atoms with Crippen LogP contribution >= 0.6 is 11.8 Å². The highest BCUT2D eigenvalue weighted by molar-refractivity contribution is 7.99. The van der Waals surface area contributed by atoms with Crippen LogP contribution in [0.1, 0.15) is 27.7 Å². The van der Waals surface area contributed by atoms with Crippen LogP contribution in [0.25, 0.3) is 16.9 Å². The summed E-state index contributed by atoms with van der Waals surface area (Å²) < 4.78 is 2.08. The van der Waals surface area contributed by atoms with Gasteiger partial charge in [-0.15, -0.1) is 0 Å². The normalized spacial score (nSPS) is 11.3. The molecule has 2 aromatic carbocycles. The average molecular weight is 422 g/mol. The summed E-state index contributed by atoms with van der Waals surface area (Å²) in [7, 11) is 0. The largest absolute Gasteiger partial charge is 0.341 e. The van der Waals surface area contributed by atoms with Crippen LogP contribution < -0.4 is 0 Å². The lowest BCUT2D eigenvalue weighted by Gasteiger charge is -2.26. The van der Waals surface area contributed by atoms with Gasteiger partial charge in [-0.2, -0.15) is 0 Å². The summed E-state index contributed by atoms with van der Waals surface area (Å²) in [6.07, 6.45) is 2.05. The van der Waals surface area contributed by atoms with E-state index in [9.17, 15) is 4.79 Å². The first-order valence-corrected chi connectivity index (χ1v) is 11.5. The Morgan fingerprint density at radius 1 is 0.933 bits per heavy atom. The molecule has 0 aliphatic carbocycles. The highest BCUT2D eigenvalue weighted by atomic mass is 32.2. The Morgan fingerprint density at radius 2 is 1.50 bits per heavy atom. The highest BCUT2D eigenvalue weighted by Gasteiger charge is 2.19. The summed E-state index contributed by atoms with van der Waals surface area (Å²) >= 11 is 1.51. The van der Waals surface area contributed by atoms with Gasteiger partial charge < -0.3 is 4.90 Å². The zero-order valence-electron chi connectivity index (χ0n) is 18.3. The molecular formula is C25H31N3OS. The monoisotopic (exact) mass is 421 g/mol. The number of rotatable bonds is 9. The van der Waals surface area contributed by atoms with Gasteiger partial charge in [0, 0.05) is 30.5 Å². The molecule has 4 nitrogen and oxygen atoms in total. The molecule has 0 atom stereocenters. The number of hydrogen-bond donors (Lipinski definition) is 0. The Hall–Kier alpha value is -2.53. The van der Waals surface area contributed by atoms with E-state index in [4.69, 9.17) is 4.98 Å². The van der Waals surface area contributed by atoms with Crippen LogP contribution in [0.4, 0.5) is 0 Å². The van der Waals surface area contributed by atoms with E-state index in [2.05, 4.69) is 62.7 Å². The third kappa shape index (κ3) is 5.99. The molecular weight excluding hydrogens is 390 g/mol. The van der Waals surface area contributed by atoms with E-state index in [1.54, 1.807) is 0 Å². The second-order valence-electron chi connectivity index (χ2n) is 8.36. The number of carbonyl (C=O) groups excluding carboxylic acids is 1. The smallest absolute Gasteiger partial charge is 0.233 e. The molecule has 3 aromatic rings. The van der Waals surface area contributed by atoms with E-state index < -0.39 is 0 Å². The number of nitrogens with zero attached hydrogens (tertiary/aromatic N) is 3. The van der Waals surface area contributed by atoms with E-state index in [0.717, 1.165) is 35.2 Å². The molecule has 0 unspecified atom stereocenters. The van der Waals surface area contributed by atoms with Crippen LogP contribution in [0.2, 0.25) is 0 Å². The Bertz CT molecular complexity index is 926. The molecule has 5 heteroatoms.